The SMILES string of the molecule is CCCc1nc(C2(c3ccccc3)CCC2)sc1C(=O)O. The van der Waals surface area contributed by atoms with Gasteiger partial charge in [0.1, 0.15) is 9.88 Å². The molecule has 1 aromatic heterocycles. The smallest absolute Gasteiger partial charge is 0.347 e. The molecule has 0 amide bonds. The number of hydrogen-bond donors (Lipinski definition) is 1. The molecule has 0 saturated heterocycles. The van der Waals surface area contributed by atoms with Crippen LogP contribution in [0.1, 0.15) is 58.5 Å². The molecule has 3 nitrogen and oxygen atoms in total. The number of thiazole rings is 1. The van der Waals surface area contributed by atoms with Crippen molar-refractivity contribution in [3.63, 3.8) is 0 Å². The lowest BCUT2D eigenvalue weighted by Crippen LogP contribution is -2.35. The minimum Gasteiger partial charge on any atom is -0.477 e. The molecule has 1 N–H and O–H groups in total. The van der Waals surface area contributed by atoms with Crippen LogP contribution in [0.2, 0.25) is 0 Å². The maximum atomic E-state index is 11.5. The zero-order valence-corrected chi connectivity index (χ0v) is 12.9. The Hall–Kier alpha value is -1.68. The largest absolute Gasteiger partial charge is 0.477 e. The maximum absolute atomic E-state index is 11.5. The van der Waals surface area contributed by atoms with Crippen LogP contribution in [0.25, 0.3) is 0 Å². The van der Waals surface area contributed by atoms with Crippen molar-refractivity contribution in [1.29, 1.82) is 0 Å². The predicted molar refractivity (Wildman–Crippen MR) is 84.1 cm³/mol. The molecule has 0 unspecified atom stereocenters. The van der Waals surface area contributed by atoms with E-state index in [9.17, 15) is 9.90 Å². The van der Waals surface area contributed by atoms with Gasteiger partial charge in [0.25, 0.3) is 0 Å². The summed E-state index contributed by atoms with van der Waals surface area (Å²) in [6, 6.07) is 10.4. The van der Waals surface area contributed by atoms with E-state index in [1.165, 1.54) is 23.3 Å². The van der Waals surface area contributed by atoms with E-state index >= 15 is 0 Å². The molecule has 1 saturated carbocycles. The number of rotatable bonds is 5. The molecule has 4 heteroatoms. The van der Waals surface area contributed by atoms with E-state index in [-0.39, 0.29) is 5.41 Å². The number of hydrogen-bond acceptors (Lipinski definition) is 3. The van der Waals surface area contributed by atoms with Gasteiger partial charge in [-0.2, -0.15) is 0 Å². The number of aromatic carboxylic acids is 1. The van der Waals surface area contributed by atoms with Crippen molar-refractivity contribution in [3.8, 4) is 0 Å². The number of nitrogens with zero attached hydrogens (tertiary/aromatic N) is 1. The van der Waals surface area contributed by atoms with Gasteiger partial charge in [0, 0.05) is 5.41 Å². The highest BCUT2D eigenvalue weighted by atomic mass is 32.1. The first-order valence-corrected chi connectivity index (χ1v) is 8.28. The van der Waals surface area contributed by atoms with Gasteiger partial charge in [-0.1, -0.05) is 50.1 Å². The standard InChI is InChI=1S/C17H19NO2S/c1-2-7-13-14(15(19)20)21-16(18-13)17(10-6-11-17)12-8-4-3-5-9-12/h3-5,8-9H,2,6-7,10-11H2,1H3,(H,19,20). The highest BCUT2D eigenvalue weighted by molar-refractivity contribution is 7.13. The van der Waals surface area contributed by atoms with Gasteiger partial charge in [0.05, 0.1) is 5.69 Å². The Morgan fingerprint density at radius 1 is 1.33 bits per heavy atom. The van der Waals surface area contributed by atoms with Crippen LogP contribution in [0.4, 0.5) is 0 Å². The van der Waals surface area contributed by atoms with E-state index in [1.54, 1.807) is 0 Å². The molecule has 1 heterocycles. The number of aryl methyl sites for hydroxylation is 1. The van der Waals surface area contributed by atoms with E-state index in [0.29, 0.717) is 4.88 Å². The lowest BCUT2D eigenvalue weighted by atomic mass is 9.65. The molecule has 1 aliphatic rings. The zero-order chi connectivity index (χ0) is 14.9. The molecule has 3 rings (SSSR count). The van der Waals surface area contributed by atoms with Gasteiger partial charge in [-0.3, -0.25) is 0 Å². The number of carboxylic acids is 1. The second-order valence-corrected chi connectivity index (χ2v) is 6.65. The monoisotopic (exact) mass is 301 g/mol. The summed E-state index contributed by atoms with van der Waals surface area (Å²) < 4.78 is 0. The average Bonchev–Trinajstić information content (AvgIpc) is 2.84. The Balaban J connectivity index is 2.06. The van der Waals surface area contributed by atoms with Crippen molar-refractivity contribution < 1.29 is 9.90 Å². The van der Waals surface area contributed by atoms with Crippen molar-refractivity contribution >= 4 is 17.3 Å². The third-order valence-electron chi connectivity index (χ3n) is 4.32. The molecule has 110 valence electrons. The van der Waals surface area contributed by atoms with E-state index in [2.05, 4.69) is 19.1 Å². The Kier molecular flexibility index (Phi) is 3.81. The lowest BCUT2D eigenvalue weighted by Gasteiger charge is -2.40. The maximum Gasteiger partial charge on any atom is 0.347 e. The van der Waals surface area contributed by atoms with Crippen LogP contribution in [0.15, 0.2) is 30.3 Å². The molecular weight excluding hydrogens is 282 g/mol. The molecule has 0 radical (unpaired) electrons. The van der Waals surface area contributed by atoms with Crippen LogP contribution >= 0.6 is 11.3 Å². The summed E-state index contributed by atoms with van der Waals surface area (Å²) in [4.78, 5) is 16.6. The fourth-order valence-electron chi connectivity index (χ4n) is 3.04. The second-order valence-electron chi connectivity index (χ2n) is 5.65. The minimum atomic E-state index is -0.843. The van der Waals surface area contributed by atoms with Crippen LogP contribution < -0.4 is 0 Å². The van der Waals surface area contributed by atoms with Crippen LogP contribution in [0, 0.1) is 0 Å². The Morgan fingerprint density at radius 2 is 2.05 bits per heavy atom. The molecule has 1 fully saturated rings. The van der Waals surface area contributed by atoms with Crippen LogP contribution in [0.5, 0.6) is 0 Å². The fourth-order valence-corrected chi connectivity index (χ4v) is 4.26. The fraction of sp³-hybridized carbons (Fsp3) is 0.412. The van der Waals surface area contributed by atoms with E-state index in [0.717, 1.165) is 36.4 Å². The van der Waals surface area contributed by atoms with Crippen molar-refractivity contribution in [1.82, 2.24) is 4.98 Å². The van der Waals surface area contributed by atoms with Crippen molar-refractivity contribution in [2.24, 2.45) is 0 Å². The van der Waals surface area contributed by atoms with E-state index < -0.39 is 5.97 Å². The molecule has 1 aromatic carbocycles. The quantitative estimate of drug-likeness (QED) is 0.897. The predicted octanol–water partition coefficient (Wildman–Crippen LogP) is 4.26. The molecule has 0 aliphatic heterocycles. The number of aromatic nitrogens is 1. The highest BCUT2D eigenvalue weighted by Crippen LogP contribution is 2.50. The normalized spacial score (nSPS) is 16.4. The molecule has 21 heavy (non-hydrogen) atoms. The molecule has 0 spiro atoms. The first-order chi connectivity index (χ1) is 10.2. The van der Waals surface area contributed by atoms with Gasteiger partial charge in [0.15, 0.2) is 0 Å². The molecule has 0 atom stereocenters. The third kappa shape index (κ3) is 2.38. The van der Waals surface area contributed by atoms with Gasteiger partial charge in [-0.05, 0) is 24.8 Å². The summed E-state index contributed by atoms with van der Waals surface area (Å²) in [6.07, 6.45) is 4.97. The number of benzene rings is 1. The Labute approximate surface area is 128 Å². The molecular formula is C17H19NO2S. The van der Waals surface area contributed by atoms with Crippen LogP contribution in [-0.4, -0.2) is 16.1 Å². The summed E-state index contributed by atoms with van der Waals surface area (Å²) in [7, 11) is 0. The molecule has 1 aliphatic carbocycles. The van der Waals surface area contributed by atoms with Crippen molar-refractivity contribution in [2.45, 2.75) is 44.4 Å². The van der Waals surface area contributed by atoms with Gasteiger partial charge >= 0.3 is 5.97 Å². The summed E-state index contributed by atoms with van der Waals surface area (Å²) >= 11 is 1.37. The average molecular weight is 301 g/mol. The Bertz CT molecular complexity index is 644. The lowest BCUT2D eigenvalue weighted by molar-refractivity contribution is 0.0700. The first-order valence-electron chi connectivity index (χ1n) is 7.46. The van der Waals surface area contributed by atoms with Gasteiger partial charge < -0.3 is 5.11 Å². The zero-order valence-electron chi connectivity index (χ0n) is 12.1. The third-order valence-corrected chi connectivity index (χ3v) is 5.61. The number of carbonyl (C=O) groups is 1. The summed E-state index contributed by atoms with van der Waals surface area (Å²) in [5.74, 6) is -0.843. The van der Waals surface area contributed by atoms with E-state index in [4.69, 9.17) is 4.98 Å². The van der Waals surface area contributed by atoms with Crippen LogP contribution in [-0.2, 0) is 11.8 Å². The summed E-state index contributed by atoms with van der Waals surface area (Å²) in [6.45, 7) is 2.06. The minimum absolute atomic E-state index is 0.0535. The number of carboxylic acid groups (broad SMARTS) is 1. The molecule has 2 aromatic rings. The highest BCUT2D eigenvalue weighted by Gasteiger charge is 2.43. The second kappa shape index (κ2) is 5.60. The van der Waals surface area contributed by atoms with Gasteiger partial charge in [-0.15, -0.1) is 11.3 Å². The van der Waals surface area contributed by atoms with Crippen molar-refractivity contribution in [2.75, 3.05) is 0 Å². The summed E-state index contributed by atoms with van der Waals surface area (Å²) in [5.41, 5.74) is 1.97. The molecule has 0 bridgehead atoms. The first kappa shape index (κ1) is 14.3. The topological polar surface area (TPSA) is 50.2 Å². The van der Waals surface area contributed by atoms with Gasteiger partial charge in [-0.25, -0.2) is 9.78 Å². The summed E-state index contributed by atoms with van der Waals surface area (Å²) in [5, 5.41) is 10.4. The van der Waals surface area contributed by atoms with E-state index in [1.807, 2.05) is 18.2 Å². The van der Waals surface area contributed by atoms with Crippen molar-refractivity contribution in [3.05, 3.63) is 51.5 Å². The Morgan fingerprint density at radius 3 is 2.57 bits per heavy atom. The van der Waals surface area contributed by atoms with Crippen LogP contribution in [0.3, 0.4) is 0 Å². The van der Waals surface area contributed by atoms with Gasteiger partial charge in [0.2, 0.25) is 0 Å².